The molecule has 1 aromatic rings. The molecule has 0 radical (unpaired) electrons. The zero-order valence-corrected chi connectivity index (χ0v) is 10.8. The highest BCUT2D eigenvalue weighted by Gasteiger charge is 2.23. The van der Waals surface area contributed by atoms with Crippen molar-refractivity contribution >= 4 is 9.84 Å². The Balaban J connectivity index is 2.69. The highest BCUT2D eigenvalue weighted by molar-refractivity contribution is 7.90. The second-order valence-electron chi connectivity index (χ2n) is 4.52. The Morgan fingerprint density at radius 1 is 1.41 bits per heavy atom. The lowest BCUT2D eigenvalue weighted by Gasteiger charge is -2.23. The molecule has 1 N–H and O–H groups in total. The summed E-state index contributed by atoms with van der Waals surface area (Å²) >= 11 is 0. The van der Waals surface area contributed by atoms with Crippen molar-refractivity contribution in [1.82, 2.24) is 0 Å². The molecule has 0 heterocycles. The van der Waals surface area contributed by atoms with Gasteiger partial charge in [0.2, 0.25) is 0 Å². The molecule has 0 amide bonds. The molecular formula is C12H17FO3S. The smallest absolute Gasteiger partial charge is 0.147 e. The Morgan fingerprint density at radius 3 is 2.59 bits per heavy atom. The summed E-state index contributed by atoms with van der Waals surface area (Å²) in [4.78, 5) is 0. The van der Waals surface area contributed by atoms with Gasteiger partial charge in [-0.05, 0) is 37.5 Å². The van der Waals surface area contributed by atoms with Crippen LogP contribution in [0.5, 0.6) is 0 Å². The first-order chi connectivity index (χ1) is 7.71. The predicted octanol–water partition coefficient (Wildman–Crippen LogP) is 1.86. The third kappa shape index (κ3) is 4.83. The van der Waals surface area contributed by atoms with Gasteiger partial charge in [-0.2, -0.15) is 0 Å². The minimum Gasteiger partial charge on any atom is -0.385 e. The zero-order valence-electron chi connectivity index (χ0n) is 9.98. The van der Waals surface area contributed by atoms with E-state index in [1.54, 1.807) is 13.0 Å². The second kappa shape index (κ2) is 5.14. The Morgan fingerprint density at radius 2 is 2.06 bits per heavy atom. The van der Waals surface area contributed by atoms with E-state index in [1.807, 2.05) is 0 Å². The van der Waals surface area contributed by atoms with Crippen LogP contribution in [-0.2, 0) is 15.4 Å². The van der Waals surface area contributed by atoms with Gasteiger partial charge in [0.05, 0.1) is 5.60 Å². The SMILES string of the molecule is CC(O)(CCCS(C)(=O)=O)c1cccc(F)c1. The van der Waals surface area contributed by atoms with E-state index in [9.17, 15) is 17.9 Å². The van der Waals surface area contributed by atoms with Crippen molar-refractivity contribution in [2.45, 2.75) is 25.4 Å². The van der Waals surface area contributed by atoms with E-state index >= 15 is 0 Å². The van der Waals surface area contributed by atoms with E-state index < -0.39 is 21.3 Å². The molecule has 17 heavy (non-hydrogen) atoms. The van der Waals surface area contributed by atoms with Crippen molar-refractivity contribution in [2.75, 3.05) is 12.0 Å². The molecule has 0 aromatic heterocycles. The fourth-order valence-corrected chi connectivity index (χ4v) is 2.32. The van der Waals surface area contributed by atoms with Crippen LogP contribution in [-0.4, -0.2) is 25.5 Å². The van der Waals surface area contributed by atoms with Crippen LogP contribution in [0.15, 0.2) is 24.3 Å². The molecule has 3 nitrogen and oxygen atoms in total. The number of hydrogen-bond acceptors (Lipinski definition) is 3. The van der Waals surface area contributed by atoms with Crippen molar-refractivity contribution in [2.24, 2.45) is 0 Å². The lowest BCUT2D eigenvalue weighted by molar-refractivity contribution is 0.0469. The minimum absolute atomic E-state index is 0.0263. The molecule has 96 valence electrons. The molecule has 1 atom stereocenters. The summed E-state index contributed by atoms with van der Waals surface area (Å²) in [6.07, 6.45) is 1.79. The van der Waals surface area contributed by atoms with Crippen molar-refractivity contribution in [3.63, 3.8) is 0 Å². The quantitative estimate of drug-likeness (QED) is 0.879. The first kappa shape index (κ1) is 14.1. The fourth-order valence-electron chi connectivity index (χ4n) is 1.65. The van der Waals surface area contributed by atoms with E-state index in [2.05, 4.69) is 0 Å². The van der Waals surface area contributed by atoms with Gasteiger partial charge in [0.1, 0.15) is 15.7 Å². The number of aliphatic hydroxyl groups is 1. The lowest BCUT2D eigenvalue weighted by atomic mass is 9.91. The van der Waals surface area contributed by atoms with Gasteiger partial charge in [0.25, 0.3) is 0 Å². The van der Waals surface area contributed by atoms with Gasteiger partial charge in [-0.25, -0.2) is 12.8 Å². The average Bonchev–Trinajstić information content (AvgIpc) is 2.15. The van der Waals surface area contributed by atoms with Crippen LogP contribution in [0.25, 0.3) is 0 Å². The maximum absolute atomic E-state index is 13.0. The van der Waals surface area contributed by atoms with Crippen molar-refractivity contribution in [3.8, 4) is 0 Å². The summed E-state index contributed by atoms with van der Waals surface area (Å²) in [5.74, 6) is -0.385. The summed E-state index contributed by atoms with van der Waals surface area (Å²) in [5, 5.41) is 10.1. The van der Waals surface area contributed by atoms with E-state index in [1.165, 1.54) is 18.2 Å². The van der Waals surface area contributed by atoms with Crippen molar-refractivity contribution in [1.29, 1.82) is 0 Å². The van der Waals surface area contributed by atoms with E-state index in [4.69, 9.17) is 0 Å². The fraction of sp³-hybridized carbons (Fsp3) is 0.500. The lowest BCUT2D eigenvalue weighted by Crippen LogP contribution is -2.22. The standard InChI is InChI=1S/C12H17FO3S/c1-12(14,7-4-8-17(2,15)16)10-5-3-6-11(13)9-10/h3,5-6,9,14H,4,7-8H2,1-2H3. The van der Waals surface area contributed by atoms with Gasteiger partial charge in [0, 0.05) is 12.0 Å². The van der Waals surface area contributed by atoms with Crippen LogP contribution in [0.2, 0.25) is 0 Å². The van der Waals surface area contributed by atoms with E-state index in [0.29, 0.717) is 12.0 Å². The highest BCUT2D eigenvalue weighted by Crippen LogP contribution is 2.26. The Hall–Kier alpha value is -0.940. The van der Waals surface area contributed by atoms with Gasteiger partial charge >= 0.3 is 0 Å². The molecule has 0 bridgehead atoms. The van der Waals surface area contributed by atoms with Gasteiger partial charge in [-0.1, -0.05) is 12.1 Å². The summed E-state index contributed by atoms with van der Waals surface area (Å²) in [7, 11) is -3.02. The maximum Gasteiger partial charge on any atom is 0.147 e. The van der Waals surface area contributed by atoms with Gasteiger partial charge < -0.3 is 5.11 Å². The van der Waals surface area contributed by atoms with Crippen LogP contribution in [0, 0.1) is 5.82 Å². The molecule has 0 saturated carbocycles. The Kier molecular flexibility index (Phi) is 4.27. The third-order valence-corrected chi connectivity index (χ3v) is 3.66. The summed E-state index contributed by atoms with van der Waals surface area (Å²) in [5.41, 5.74) is -0.738. The molecule has 0 aliphatic rings. The zero-order chi connectivity index (χ0) is 13.1. The van der Waals surface area contributed by atoms with Crippen molar-refractivity contribution < 1.29 is 17.9 Å². The number of rotatable bonds is 5. The first-order valence-corrected chi connectivity index (χ1v) is 7.43. The second-order valence-corrected chi connectivity index (χ2v) is 6.78. The average molecular weight is 260 g/mol. The molecule has 0 fully saturated rings. The van der Waals surface area contributed by atoms with Crippen LogP contribution in [0.3, 0.4) is 0 Å². The number of sulfone groups is 1. The van der Waals surface area contributed by atoms with Gasteiger partial charge in [-0.3, -0.25) is 0 Å². The van der Waals surface area contributed by atoms with Crippen LogP contribution < -0.4 is 0 Å². The Bertz CT molecular complexity index is 480. The molecule has 5 heteroatoms. The van der Waals surface area contributed by atoms with E-state index in [0.717, 1.165) is 6.26 Å². The number of hydrogen-bond donors (Lipinski definition) is 1. The largest absolute Gasteiger partial charge is 0.385 e. The summed E-state index contributed by atoms with van der Waals surface area (Å²) < 4.78 is 34.9. The molecule has 0 saturated heterocycles. The molecule has 0 aliphatic carbocycles. The van der Waals surface area contributed by atoms with E-state index in [-0.39, 0.29) is 12.2 Å². The third-order valence-electron chi connectivity index (χ3n) is 2.63. The number of halogens is 1. The number of benzene rings is 1. The minimum atomic E-state index is -3.02. The first-order valence-electron chi connectivity index (χ1n) is 5.37. The molecule has 1 unspecified atom stereocenters. The maximum atomic E-state index is 13.0. The highest BCUT2D eigenvalue weighted by atomic mass is 32.2. The predicted molar refractivity (Wildman–Crippen MR) is 64.9 cm³/mol. The molecular weight excluding hydrogens is 243 g/mol. The molecule has 0 spiro atoms. The van der Waals surface area contributed by atoms with Crippen LogP contribution in [0.1, 0.15) is 25.3 Å². The summed E-state index contributed by atoms with van der Waals surface area (Å²) in [6, 6.07) is 5.72. The topological polar surface area (TPSA) is 54.4 Å². The van der Waals surface area contributed by atoms with Crippen LogP contribution in [0.4, 0.5) is 4.39 Å². The molecule has 1 aromatic carbocycles. The Labute approximate surface area is 101 Å². The van der Waals surface area contributed by atoms with Crippen LogP contribution >= 0.6 is 0 Å². The van der Waals surface area contributed by atoms with Crippen molar-refractivity contribution in [3.05, 3.63) is 35.6 Å². The summed E-state index contributed by atoms with van der Waals surface area (Å²) in [6.45, 7) is 1.56. The monoisotopic (exact) mass is 260 g/mol. The van der Waals surface area contributed by atoms with Gasteiger partial charge in [0.15, 0.2) is 0 Å². The van der Waals surface area contributed by atoms with Gasteiger partial charge in [-0.15, -0.1) is 0 Å². The molecule has 1 rings (SSSR count). The normalized spacial score (nSPS) is 15.5. The molecule has 0 aliphatic heterocycles.